The summed E-state index contributed by atoms with van der Waals surface area (Å²) in [5.74, 6) is 0.240. The molecule has 0 aliphatic carbocycles. The number of rotatable bonds is 7. The standard InChI is InChI=1S/C30H25Cl2N3O2/c1-19-15-23(16-24(17-33)30(36)34-29-10-6-9-27(31)20(29)2)21(3)35(19)25-11-13-26(14-12-25)37-18-22-7-4-5-8-28(22)32/h4-16H,18H2,1-3H3,(H,34,36)/b24-16-. The number of amides is 1. The number of aryl methyl sites for hydroxylation is 1. The molecule has 5 nitrogen and oxygen atoms in total. The van der Waals surface area contributed by atoms with Crippen molar-refractivity contribution in [3.63, 3.8) is 0 Å². The van der Waals surface area contributed by atoms with E-state index in [9.17, 15) is 10.1 Å². The van der Waals surface area contributed by atoms with Crippen LogP contribution in [0.5, 0.6) is 5.75 Å². The minimum Gasteiger partial charge on any atom is -0.489 e. The average molecular weight is 530 g/mol. The van der Waals surface area contributed by atoms with Gasteiger partial charge in [0.25, 0.3) is 5.91 Å². The van der Waals surface area contributed by atoms with Gasteiger partial charge in [-0.1, -0.05) is 47.5 Å². The van der Waals surface area contributed by atoms with Gasteiger partial charge in [-0.05, 0) is 86.5 Å². The third-order valence-electron chi connectivity index (χ3n) is 6.10. The zero-order valence-electron chi connectivity index (χ0n) is 20.7. The van der Waals surface area contributed by atoms with Crippen LogP contribution in [-0.2, 0) is 11.4 Å². The molecular weight excluding hydrogens is 505 g/mol. The zero-order valence-corrected chi connectivity index (χ0v) is 22.2. The lowest BCUT2D eigenvalue weighted by atomic mass is 10.1. The molecule has 1 N–H and O–H groups in total. The van der Waals surface area contributed by atoms with Crippen molar-refractivity contribution in [2.75, 3.05) is 5.32 Å². The van der Waals surface area contributed by atoms with Gasteiger partial charge in [-0.25, -0.2) is 0 Å². The number of nitrogens with zero attached hydrogens (tertiary/aromatic N) is 2. The monoisotopic (exact) mass is 529 g/mol. The number of nitriles is 1. The number of ether oxygens (including phenoxy) is 1. The van der Waals surface area contributed by atoms with Crippen LogP contribution < -0.4 is 10.1 Å². The Kier molecular flexibility index (Phi) is 8.03. The van der Waals surface area contributed by atoms with E-state index < -0.39 is 5.91 Å². The van der Waals surface area contributed by atoms with Crippen molar-refractivity contribution in [1.82, 2.24) is 4.57 Å². The lowest BCUT2D eigenvalue weighted by molar-refractivity contribution is -0.112. The highest BCUT2D eigenvalue weighted by molar-refractivity contribution is 6.32. The van der Waals surface area contributed by atoms with Crippen LogP contribution in [0.2, 0.25) is 10.0 Å². The molecule has 4 aromatic rings. The molecule has 0 saturated heterocycles. The van der Waals surface area contributed by atoms with Gasteiger partial charge in [0.05, 0.1) is 0 Å². The van der Waals surface area contributed by atoms with E-state index in [-0.39, 0.29) is 5.57 Å². The van der Waals surface area contributed by atoms with Gasteiger partial charge in [0.2, 0.25) is 0 Å². The van der Waals surface area contributed by atoms with Crippen LogP contribution in [0.25, 0.3) is 11.8 Å². The SMILES string of the molecule is Cc1c(Cl)cccc1NC(=O)/C(C#N)=C\c1cc(C)n(-c2ccc(OCc3ccccc3Cl)cc2)c1C. The molecule has 1 amide bonds. The maximum atomic E-state index is 12.8. The van der Waals surface area contributed by atoms with E-state index in [0.29, 0.717) is 22.3 Å². The Morgan fingerprint density at radius 1 is 1.00 bits per heavy atom. The van der Waals surface area contributed by atoms with Gasteiger partial charge >= 0.3 is 0 Å². The number of carbonyl (C=O) groups excluding carboxylic acids is 1. The third-order valence-corrected chi connectivity index (χ3v) is 6.88. The smallest absolute Gasteiger partial charge is 0.266 e. The maximum absolute atomic E-state index is 12.8. The second-order valence-electron chi connectivity index (χ2n) is 8.57. The summed E-state index contributed by atoms with van der Waals surface area (Å²) < 4.78 is 7.96. The van der Waals surface area contributed by atoms with E-state index in [2.05, 4.69) is 9.88 Å². The van der Waals surface area contributed by atoms with Gasteiger partial charge in [0.1, 0.15) is 24.0 Å². The molecule has 3 aromatic carbocycles. The van der Waals surface area contributed by atoms with Crippen molar-refractivity contribution >= 4 is 40.9 Å². The summed E-state index contributed by atoms with van der Waals surface area (Å²) in [6.07, 6.45) is 1.61. The van der Waals surface area contributed by atoms with E-state index in [1.54, 1.807) is 24.3 Å². The second-order valence-corrected chi connectivity index (χ2v) is 9.39. The van der Waals surface area contributed by atoms with Gasteiger partial charge in [-0.3, -0.25) is 4.79 Å². The van der Waals surface area contributed by atoms with Crippen LogP contribution >= 0.6 is 23.2 Å². The lowest BCUT2D eigenvalue weighted by Gasteiger charge is -2.12. The van der Waals surface area contributed by atoms with Crippen molar-refractivity contribution < 1.29 is 9.53 Å². The number of hydrogen-bond acceptors (Lipinski definition) is 3. The molecule has 0 aliphatic heterocycles. The van der Waals surface area contributed by atoms with Gasteiger partial charge in [0.15, 0.2) is 0 Å². The van der Waals surface area contributed by atoms with Crippen LogP contribution in [0.3, 0.4) is 0 Å². The number of carbonyl (C=O) groups is 1. The van der Waals surface area contributed by atoms with E-state index in [4.69, 9.17) is 27.9 Å². The molecule has 0 bridgehead atoms. The van der Waals surface area contributed by atoms with Crippen molar-refractivity contribution in [2.45, 2.75) is 27.4 Å². The first-order chi connectivity index (χ1) is 17.8. The van der Waals surface area contributed by atoms with Crippen molar-refractivity contribution in [2.24, 2.45) is 0 Å². The van der Waals surface area contributed by atoms with Crippen LogP contribution in [0.15, 0.2) is 78.4 Å². The van der Waals surface area contributed by atoms with E-state index in [1.807, 2.05) is 81.4 Å². The molecule has 0 aliphatic rings. The Bertz CT molecular complexity index is 1530. The zero-order chi connectivity index (χ0) is 26.5. The highest BCUT2D eigenvalue weighted by Crippen LogP contribution is 2.27. The summed E-state index contributed by atoms with van der Waals surface area (Å²) in [7, 11) is 0. The first-order valence-corrected chi connectivity index (χ1v) is 12.4. The Hall–Kier alpha value is -3.98. The second kappa shape index (κ2) is 11.4. The van der Waals surface area contributed by atoms with E-state index in [0.717, 1.165) is 39.5 Å². The topological polar surface area (TPSA) is 67.0 Å². The highest BCUT2D eigenvalue weighted by atomic mass is 35.5. The predicted molar refractivity (Wildman–Crippen MR) is 149 cm³/mol. The van der Waals surface area contributed by atoms with Crippen LogP contribution in [-0.4, -0.2) is 10.5 Å². The van der Waals surface area contributed by atoms with Crippen LogP contribution in [0.1, 0.15) is 28.1 Å². The first kappa shape index (κ1) is 26.1. The number of benzene rings is 3. The average Bonchev–Trinajstić information content (AvgIpc) is 3.17. The van der Waals surface area contributed by atoms with E-state index >= 15 is 0 Å². The van der Waals surface area contributed by atoms with Crippen molar-refractivity contribution in [1.29, 1.82) is 5.26 Å². The van der Waals surface area contributed by atoms with Gasteiger partial charge in [-0.15, -0.1) is 0 Å². The predicted octanol–water partition coefficient (Wildman–Crippen LogP) is 7.83. The summed E-state index contributed by atoms with van der Waals surface area (Å²) in [4.78, 5) is 12.8. The normalized spacial score (nSPS) is 11.2. The molecule has 0 unspecified atom stereocenters. The number of halogens is 2. The van der Waals surface area contributed by atoms with Gasteiger partial charge in [-0.2, -0.15) is 5.26 Å². The summed E-state index contributed by atoms with van der Waals surface area (Å²) in [5, 5.41) is 13.7. The number of hydrogen-bond donors (Lipinski definition) is 1. The fourth-order valence-corrected chi connectivity index (χ4v) is 4.40. The molecule has 1 aromatic heterocycles. The molecule has 0 fully saturated rings. The lowest BCUT2D eigenvalue weighted by Crippen LogP contribution is -2.14. The molecule has 0 radical (unpaired) electrons. The molecular formula is C30H25Cl2N3O2. The molecule has 0 spiro atoms. The molecule has 0 atom stereocenters. The largest absolute Gasteiger partial charge is 0.489 e. The fourth-order valence-electron chi connectivity index (χ4n) is 4.04. The van der Waals surface area contributed by atoms with E-state index in [1.165, 1.54) is 0 Å². The minimum absolute atomic E-state index is 0.00273. The Balaban J connectivity index is 1.53. The summed E-state index contributed by atoms with van der Waals surface area (Å²) >= 11 is 12.4. The highest BCUT2D eigenvalue weighted by Gasteiger charge is 2.15. The molecule has 4 rings (SSSR count). The quantitative estimate of drug-likeness (QED) is 0.196. The third kappa shape index (κ3) is 5.89. The first-order valence-electron chi connectivity index (χ1n) is 11.6. The molecule has 7 heteroatoms. The molecule has 37 heavy (non-hydrogen) atoms. The summed E-state index contributed by atoms with van der Waals surface area (Å²) in [6.45, 7) is 6.12. The Labute approximate surface area is 226 Å². The number of aromatic nitrogens is 1. The Morgan fingerprint density at radius 2 is 1.70 bits per heavy atom. The van der Waals surface area contributed by atoms with Crippen molar-refractivity contribution in [3.8, 4) is 17.5 Å². The van der Waals surface area contributed by atoms with Crippen LogP contribution in [0.4, 0.5) is 5.69 Å². The molecule has 0 saturated carbocycles. The Morgan fingerprint density at radius 3 is 2.41 bits per heavy atom. The van der Waals surface area contributed by atoms with Crippen molar-refractivity contribution in [3.05, 3.63) is 116 Å². The van der Waals surface area contributed by atoms with Gasteiger partial charge < -0.3 is 14.6 Å². The van der Waals surface area contributed by atoms with Gasteiger partial charge in [0, 0.05) is 38.4 Å². The maximum Gasteiger partial charge on any atom is 0.266 e. The molecule has 186 valence electrons. The molecule has 1 heterocycles. The number of anilines is 1. The number of nitrogens with one attached hydrogen (secondary N) is 1. The fraction of sp³-hybridized carbons (Fsp3) is 0.133. The minimum atomic E-state index is -0.488. The summed E-state index contributed by atoms with van der Waals surface area (Å²) in [6, 6.07) is 24.6. The van der Waals surface area contributed by atoms with Crippen LogP contribution in [0, 0.1) is 32.1 Å². The summed E-state index contributed by atoms with van der Waals surface area (Å²) in [5.41, 5.74) is 5.84.